The van der Waals surface area contributed by atoms with Crippen molar-refractivity contribution in [3.05, 3.63) is 60.2 Å². The molecular formula is C14H11F3N4. The van der Waals surface area contributed by atoms with Crippen LogP contribution < -0.4 is 5.43 Å². The van der Waals surface area contributed by atoms with Gasteiger partial charge >= 0.3 is 6.18 Å². The Morgan fingerprint density at radius 2 is 1.95 bits per heavy atom. The number of aromatic nitrogens is 3. The van der Waals surface area contributed by atoms with Crippen LogP contribution in [0.25, 0.3) is 11.0 Å². The molecule has 0 aliphatic carbocycles. The zero-order valence-electron chi connectivity index (χ0n) is 10.8. The van der Waals surface area contributed by atoms with Crippen molar-refractivity contribution in [3.8, 4) is 0 Å². The van der Waals surface area contributed by atoms with Gasteiger partial charge in [0.2, 0.25) is 0 Å². The number of nitrogens with zero attached hydrogens (tertiary/aromatic N) is 3. The molecular weight excluding hydrogens is 281 g/mol. The Morgan fingerprint density at radius 3 is 2.67 bits per heavy atom. The Hall–Kier alpha value is -2.57. The van der Waals surface area contributed by atoms with Crippen LogP contribution >= 0.6 is 0 Å². The molecule has 0 atom stereocenters. The summed E-state index contributed by atoms with van der Waals surface area (Å²) in [6, 6.07) is 8.04. The molecule has 3 heterocycles. The molecule has 0 bridgehead atoms. The van der Waals surface area contributed by atoms with Crippen LogP contribution in [0.5, 0.6) is 0 Å². The third-order valence-corrected chi connectivity index (χ3v) is 3.03. The molecule has 0 aliphatic heterocycles. The van der Waals surface area contributed by atoms with Gasteiger partial charge in [-0.05, 0) is 30.3 Å². The van der Waals surface area contributed by atoms with E-state index in [-0.39, 0.29) is 0 Å². The van der Waals surface area contributed by atoms with Crippen molar-refractivity contribution in [3.63, 3.8) is 0 Å². The molecule has 7 heteroatoms. The highest BCUT2D eigenvalue weighted by Gasteiger charge is 2.30. The third-order valence-electron chi connectivity index (χ3n) is 3.03. The van der Waals surface area contributed by atoms with Crippen molar-refractivity contribution < 1.29 is 13.2 Å². The summed E-state index contributed by atoms with van der Waals surface area (Å²) in [4.78, 5) is 8.04. The molecule has 0 aromatic carbocycles. The molecule has 3 aromatic rings. The van der Waals surface area contributed by atoms with Crippen LogP contribution in [0.1, 0.15) is 11.3 Å². The Kier molecular flexibility index (Phi) is 3.25. The highest BCUT2D eigenvalue weighted by molar-refractivity contribution is 5.75. The van der Waals surface area contributed by atoms with Crippen molar-refractivity contribution in [2.45, 2.75) is 12.7 Å². The Morgan fingerprint density at radius 1 is 1.10 bits per heavy atom. The summed E-state index contributed by atoms with van der Waals surface area (Å²) in [6.07, 6.45) is -0.0405. The molecule has 0 radical (unpaired) electrons. The molecule has 0 fully saturated rings. The van der Waals surface area contributed by atoms with Crippen LogP contribution in [0.3, 0.4) is 0 Å². The topological polar surface area (TPSA) is 42.7 Å². The van der Waals surface area contributed by atoms with E-state index in [0.717, 1.165) is 23.3 Å². The highest BCUT2D eigenvalue weighted by Crippen LogP contribution is 2.28. The first-order chi connectivity index (χ1) is 10.0. The first-order valence-corrected chi connectivity index (χ1v) is 6.22. The number of hydrogen-bond donors (Lipinski definition) is 1. The molecule has 3 rings (SSSR count). The molecule has 0 spiro atoms. The summed E-state index contributed by atoms with van der Waals surface area (Å²) in [6.45, 7) is 0.304. The largest absolute Gasteiger partial charge is 0.417 e. The molecule has 108 valence electrons. The van der Waals surface area contributed by atoms with Crippen molar-refractivity contribution in [2.24, 2.45) is 0 Å². The van der Waals surface area contributed by atoms with Crippen LogP contribution in [-0.4, -0.2) is 14.6 Å². The molecule has 3 aromatic heterocycles. The molecule has 4 nitrogen and oxygen atoms in total. The van der Waals surface area contributed by atoms with Gasteiger partial charge in [-0.15, -0.1) is 0 Å². The summed E-state index contributed by atoms with van der Waals surface area (Å²) >= 11 is 0. The molecule has 0 saturated carbocycles. The second-order valence-corrected chi connectivity index (χ2v) is 4.47. The fourth-order valence-corrected chi connectivity index (χ4v) is 1.96. The maximum absolute atomic E-state index is 12.4. The number of rotatable bonds is 3. The minimum atomic E-state index is -4.36. The average Bonchev–Trinajstić information content (AvgIpc) is 2.88. The van der Waals surface area contributed by atoms with E-state index in [9.17, 15) is 13.2 Å². The van der Waals surface area contributed by atoms with E-state index in [1.165, 1.54) is 6.07 Å². The van der Waals surface area contributed by atoms with Gasteiger partial charge in [0, 0.05) is 24.0 Å². The summed E-state index contributed by atoms with van der Waals surface area (Å²) in [7, 11) is 0. The first kappa shape index (κ1) is 13.4. The molecule has 0 saturated heterocycles. The number of fused-ring (bicyclic) bond motifs is 1. The quantitative estimate of drug-likeness (QED) is 0.806. The summed E-state index contributed by atoms with van der Waals surface area (Å²) < 4.78 is 39.0. The zero-order valence-corrected chi connectivity index (χ0v) is 10.8. The standard InChI is InChI=1S/C14H11F3N4/c15-14(16,17)11-3-4-12(19-8-11)9-20-21-7-5-10-2-1-6-18-13(10)21/h1-8,20H,9H2. The Bertz CT molecular complexity index is 747. The van der Waals surface area contributed by atoms with Crippen molar-refractivity contribution in [1.82, 2.24) is 14.6 Å². The maximum atomic E-state index is 12.4. The lowest BCUT2D eigenvalue weighted by Crippen LogP contribution is -2.15. The second-order valence-electron chi connectivity index (χ2n) is 4.47. The van der Waals surface area contributed by atoms with E-state index in [0.29, 0.717) is 12.2 Å². The lowest BCUT2D eigenvalue weighted by molar-refractivity contribution is -0.137. The van der Waals surface area contributed by atoms with Gasteiger partial charge < -0.3 is 5.43 Å². The predicted molar refractivity (Wildman–Crippen MR) is 72.0 cm³/mol. The van der Waals surface area contributed by atoms with Crippen molar-refractivity contribution >= 4 is 11.0 Å². The lowest BCUT2D eigenvalue weighted by atomic mass is 10.2. The van der Waals surface area contributed by atoms with Crippen LogP contribution in [0.2, 0.25) is 0 Å². The normalized spacial score (nSPS) is 11.8. The van der Waals surface area contributed by atoms with Crippen LogP contribution in [0, 0.1) is 0 Å². The smallest absolute Gasteiger partial charge is 0.318 e. The molecule has 0 unspecified atom stereocenters. The molecule has 0 aliphatic rings. The van der Waals surface area contributed by atoms with Gasteiger partial charge in [0.15, 0.2) is 5.65 Å². The summed E-state index contributed by atoms with van der Waals surface area (Å²) in [5, 5.41) is 0.977. The van der Waals surface area contributed by atoms with E-state index in [1.54, 1.807) is 10.9 Å². The number of hydrogen-bond acceptors (Lipinski definition) is 3. The van der Waals surface area contributed by atoms with E-state index in [2.05, 4.69) is 15.4 Å². The third kappa shape index (κ3) is 2.81. The second kappa shape index (κ2) is 5.08. The maximum Gasteiger partial charge on any atom is 0.417 e. The van der Waals surface area contributed by atoms with Crippen molar-refractivity contribution in [1.29, 1.82) is 0 Å². The van der Waals surface area contributed by atoms with E-state index < -0.39 is 11.7 Å². The predicted octanol–water partition coefficient (Wildman–Crippen LogP) is 3.19. The minimum Gasteiger partial charge on any atom is -0.318 e. The molecule has 1 N–H and O–H groups in total. The summed E-state index contributed by atoms with van der Waals surface area (Å²) in [5.74, 6) is 0. The van der Waals surface area contributed by atoms with Gasteiger partial charge in [-0.3, -0.25) is 4.98 Å². The van der Waals surface area contributed by atoms with Gasteiger partial charge in [0.05, 0.1) is 17.8 Å². The Balaban J connectivity index is 1.73. The lowest BCUT2D eigenvalue weighted by Gasteiger charge is -2.09. The van der Waals surface area contributed by atoms with Gasteiger partial charge in [0.1, 0.15) is 0 Å². The fraction of sp³-hybridized carbons (Fsp3) is 0.143. The number of halogens is 3. The number of nitrogens with one attached hydrogen (secondary N) is 1. The van der Waals surface area contributed by atoms with Crippen LogP contribution in [0.4, 0.5) is 13.2 Å². The van der Waals surface area contributed by atoms with Gasteiger partial charge in [-0.25, -0.2) is 9.66 Å². The van der Waals surface area contributed by atoms with Crippen LogP contribution in [0.15, 0.2) is 48.9 Å². The van der Waals surface area contributed by atoms with Gasteiger partial charge in [-0.2, -0.15) is 13.2 Å². The van der Waals surface area contributed by atoms with Crippen molar-refractivity contribution in [2.75, 3.05) is 5.43 Å². The van der Waals surface area contributed by atoms with E-state index in [1.807, 2.05) is 24.4 Å². The highest BCUT2D eigenvalue weighted by atomic mass is 19.4. The summed E-state index contributed by atoms with van der Waals surface area (Å²) in [5.41, 5.74) is 3.57. The zero-order chi connectivity index (χ0) is 14.9. The number of pyridine rings is 2. The van der Waals surface area contributed by atoms with E-state index in [4.69, 9.17) is 0 Å². The first-order valence-electron chi connectivity index (χ1n) is 6.22. The average molecular weight is 292 g/mol. The minimum absolute atomic E-state index is 0.304. The molecule has 21 heavy (non-hydrogen) atoms. The Labute approximate surface area is 118 Å². The molecule has 0 amide bonds. The monoisotopic (exact) mass is 292 g/mol. The SMILES string of the molecule is FC(F)(F)c1ccc(CNn2ccc3cccnc32)nc1. The van der Waals surface area contributed by atoms with Gasteiger partial charge in [-0.1, -0.05) is 0 Å². The van der Waals surface area contributed by atoms with E-state index >= 15 is 0 Å². The number of alkyl halides is 3. The van der Waals surface area contributed by atoms with Gasteiger partial charge in [0.25, 0.3) is 0 Å². The fourth-order valence-electron chi connectivity index (χ4n) is 1.96. The van der Waals surface area contributed by atoms with Crippen LogP contribution in [-0.2, 0) is 12.7 Å².